The number of aryl methyl sites for hydroxylation is 1. The second kappa shape index (κ2) is 4.09. The first-order valence-corrected chi connectivity index (χ1v) is 5.29. The minimum atomic E-state index is -0.0242. The monoisotopic (exact) mass is 221 g/mol. The first kappa shape index (κ1) is 10.9. The van der Waals surface area contributed by atoms with Crippen molar-refractivity contribution in [3.8, 4) is 5.75 Å². The van der Waals surface area contributed by atoms with Crippen molar-refractivity contribution in [2.24, 2.45) is 11.7 Å². The molecule has 0 spiro atoms. The second-order valence-corrected chi connectivity index (χ2v) is 4.11. The molecule has 1 aromatic rings. The quantitative estimate of drug-likeness (QED) is 0.758. The van der Waals surface area contributed by atoms with E-state index >= 15 is 0 Å². The fourth-order valence-electron chi connectivity index (χ4n) is 1.88. The molecule has 1 amide bonds. The number of rotatable bonds is 2. The van der Waals surface area contributed by atoms with E-state index in [9.17, 15) is 9.90 Å². The molecule has 0 radical (unpaired) electrons. The molecule has 5 nitrogen and oxygen atoms in total. The third-order valence-corrected chi connectivity index (χ3v) is 2.79. The maximum atomic E-state index is 11.7. The van der Waals surface area contributed by atoms with Gasteiger partial charge in [0.1, 0.15) is 0 Å². The summed E-state index contributed by atoms with van der Waals surface area (Å²) in [5.74, 6) is 0.524. The highest BCUT2D eigenvalue weighted by atomic mass is 16.3. The molecule has 0 saturated carbocycles. The van der Waals surface area contributed by atoms with Crippen LogP contribution >= 0.6 is 0 Å². The minimum absolute atomic E-state index is 0.0242. The first-order valence-electron chi connectivity index (χ1n) is 5.29. The van der Waals surface area contributed by atoms with Crippen molar-refractivity contribution < 1.29 is 9.90 Å². The SMILES string of the molecule is Cc1ccc(O)c(N2CC(CN)CC2=O)n1. The third-order valence-electron chi connectivity index (χ3n) is 2.79. The van der Waals surface area contributed by atoms with Gasteiger partial charge >= 0.3 is 0 Å². The smallest absolute Gasteiger partial charge is 0.228 e. The lowest BCUT2D eigenvalue weighted by Crippen LogP contribution is -2.26. The van der Waals surface area contributed by atoms with E-state index in [1.807, 2.05) is 6.92 Å². The van der Waals surface area contributed by atoms with Gasteiger partial charge in [0.25, 0.3) is 0 Å². The Hall–Kier alpha value is -1.62. The van der Waals surface area contributed by atoms with Gasteiger partial charge in [0.05, 0.1) is 0 Å². The molecule has 1 aromatic heterocycles. The Labute approximate surface area is 93.9 Å². The first-order chi connectivity index (χ1) is 7.61. The van der Waals surface area contributed by atoms with E-state index < -0.39 is 0 Å². The molecular formula is C11H15N3O2. The van der Waals surface area contributed by atoms with Crippen LogP contribution in [0, 0.1) is 12.8 Å². The highest BCUT2D eigenvalue weighted by molar-refractivity contribution is 5.96. The number of hydrogen-bond donors (Lipinski definition) is 2. The van der Waals surface area contributed by atoms with Gasteiger partial charge in [-0.1, -0.05) is 0 Å². The zero-order valence-corrected chi connectivity index (χ0v) is 9.18. The maximum Gasteiger partial charge on any atom is 0.228 e. The summed E-state index contributed by atoms with van der Waals surface area (Å²) < 4.78 is 0. The van der Waals surface area contributed by atoms with E-state index in [1.54, 1.807) is 12.1 Å². The normalized spacial score (nSPS) is 20.5. The van der Waals surface area contributed by atoms with Crippen LogP contribution in [0.5, 0.6) is 5.75 Å². The Morgan fingerprint density at radius 2 is 2.38 bits per heavy atom. The van der Waals surface area contributed by atoms with E-state index in [0.29, 0.717) is 25.3 Å². The van der Waals surface area contributed by atoms with Crippen LogP contribution in [0.1, 0.15) is 12.1 Å². The van der Waals surface area contributed by atoms with Crippen molar-refractivity contribution in [3.63, 3.8) is 0 Å². The number of aromatic nitrogens is 1. The molecule has 1 aliphatic rings. The van der Waals surface area contributed by atoms with E-state index in [-0.39, 0.29) is 17.6 Å². The van der Waals surface area contributed by atoms with E-state index in [0.717, 1.165) is 5.69 Å². The topological polar surface area (TPSA) is 79.5 Å². The summed E-state index contributed by atoms with van der Waals surface area (Å²) in [6.07, 6.45) is 0.436. The number of carbonyl (C=O) groups excluding carboxylic acids is 1. The van der Waals surface area contributed by atoms with Gasteiger partial charge in [-0.15, -0.1) is 0 Å². The van der Waals surface area contributed by atoms with Crippen molar-refractivity contribution in [3.05, 3.63) is 17.8 Å². The lowest BCUT2D eigenvalue weighted by atomic mass is 10.1. The minimum Gasteiger partial charge on any atom is -0.504 e. The Morgan fingerprint density at radius 3 is 3.00 bits per heavy atom. The van der Waals surface area contributed by atoms with Gasteiger partial charge in [0.2, 0.25) is 5.91 Å². The number of nitrogens with zero attached hydrogens (tertiary/aromatic N) is 2. The lowest BCUT2D eigenvalue weighted by molar-refractivity contribution is -0.117. The van der Waals surface area contributed by atoms with E-state index in [1.165, 1.54) is 4.90 Å². The number of nitrogens with two attached hydrogens (primary N) is 1. The summed E-state index contributed by atoms with van der Waals surface area (Å²) in [5, 5.41) is 9.68. The lowest BCUT2D eigenvalue weighted by Gasteiger charge is -2.16. The maximum absolute atomic E-state index is 11.7. The van der Waals surface area contributed by atoms with Crippen LogP contribution in [0.25, 0.3) is 0 Å². The van der Waals surface area contributed by atoms with Crippen molar-refractivity contribution >= 4 is 11.7 Å². The van der Waals surface area contributed by atoms with Crippen molar-refractivity contribution in [2.75, 3.05) is 18.0 Å². The number of pyridine rings is 1. The summed E-state index contributed by atoms with van der Waals surface area (Å²) in [7, 11) is 0. The van der Waals surface area contributed by atoms with Gasteiger partial charge in [0, 0.05) is 18.7 Å². The molecule has 86 valence electrons. The summed E-state index contributed by atoms with van der Waals surface area (Å²) in [4.78, 5) is 17.4. The average molecular weight is 221 g/mol. The molecule has 5 heteroatoms. The molecule has 1 atom stereocenters. The molecule has 1 aliphatic heterocycles. The molecule has 1 saturated heterocycles. The highest BCUT2D eigenvalue weighted by Crippen LogP contribution is 2.30. The standard InChI is InChI=1S/C11H15N3O2/c1-7-2-3-9(15)11(13-7)14-6-8(5-12)4-10(14)16/h2-3,8,15H,4-6,12H2,1H3. The number of anilines is 1. The Balaban J connectivity index is 2.30. The van der Waals surface area contributed by atoms with Crippen LogP contribution < -0.4 is 10.6 Å². The van der Waals surface area contributed by atoms with E-state index in [4.69, 9.17) is 5.73 Å². The molecule has 1 fully saturated rings. The van der Waals surface area contributed by atoms with Gasteiger partial charge in [-0.3, -0.25) is 9.69 Å². The molecule has 0 aliphatic carbocycles. The fraction of sp³-hybridized carbons (Fsp3) is 0.455. The Morgan fingerprint density at radius 1 is 1.62 bits per heavy atom. The number of amides is 1. The molecule has 2 rings (SSSR count). The highest BCUT2D eigenvalue weighted by Gasteiger charge is 2.31. The summed E-state index contributed by atoms with van der Waals surface area (Å²) >= 11 is 0. The zero-order valence-electron chi connectivity index (χ0n) is 9.18. The molecule has 1 unspecified atom stereocenters. The largest absolute Gasteiger partial charge is 0.504 e. The van der Waals surface area contributed by atoms with Crippen LogP contribution in [0.15, 0.2) is 12.1 Å². The number of hydrogen-bond acceptors (Lipinski definition) is 4. The van der Waals surface area contributed by atoms with Gasteiger partial charge in [-0.2, -0.15) is 0 Å². The predicted octanol–water partition coefficient (Wildman–Crippen LogP) is 0.407. The van der Waals surface area contributed by atoms with Crippen LogP contribution in [-0.2, 0) is 4.79 Å². The van der Waals surface area contributed by atoms with Gasteiger partial charge in [0.15, 0.2) is 11.6 Å². The predicted molar refractivity (Wildman–Crippen MR) is 60.2 cm³/mol. The Kier molecular flexibility index (Phi) is 2.78. The second-order valence-electron chi connectivity index (χ2n) is 4.11. The zero-order chi connectivity index (χ0) is 11.7. The van der Waals surface area contributed by atoms with Gasteiger partial charge in [-0.05, 0) is 31.5 Å². The molecule has 0 aromatic carbocycles. The average Bonchev–Trinajstić information content (AvgIpc) is 2.63. The van der Waals surface area contributed by atoms with Crippen LogP contribution in [-0.4, -0.2) is 29.1 Å². The van der Waals surface area contributed by atoms with Crippen molar-refractivity contribution in [2.45, 2.75) is 13.3 Å². The summed E-state index contributed by atoms with van der Waals surface area (Å²) in [6, 6.07) is 3.26. The van der Waals surface area contributed by atoms with Crippen LogP contribution in [0.3, 0.4) is 0 Å². The fourth-order valence-corrected chi connectivity index (χ4v) is 1.88. The molecular weight excluding hydrogens is 206 g/mol. The summed E-state index contributed by atoms with van der Waals surface area (Å²) in [6.45, 7) is 2.85. The van der Waals surface area contributed by atoms with Crippen molar-refractivity contribution in [1.82, 2.24) is 4.98 Å². The number of aromatic hydroxyl groups is 1. The van der Waals surface area contributed by atoms with Crippen LogP contribution in [0.4, 0.5) is 5.82 Å². The van der Waals surface area contributed by atoms with Gasteiger partial charge < -0.3 is 10.8 Å². The van der Waals surface area contributed by atoms with Crippen molar-refractivity contribution in [1.29, 1.82) is 0 Å². The Bertz CT molecular complexity index is 420. The summed E-state index contributed by atoms with van der Waals surface area (Å²) in [5.41, 5.74) is 6.32. The molecule has 16 heavy (non-hydrogen) atoms. The van der Waals surface area contributed by atoms with Gasteiger partial charge in [-0.25, -0.2) is 4.98 Å². The molecule has 2 heterocycles. The third kappa shape index (κ3) is 1.86. The molecule has 0 bridgehead atoms. The van der Waals surface area contributed by atoms with Crippen LogP contribution in [0.2, 0.25) is 0 Å². The molecule has 3 N–H and O–H groups in total. The van der Waals surface area contributed by atoms with E-state index in [2.05, 4.69) is 4.98 Å². The number of carbonyl (C=O) groups is 1.